The van der Waals surface area contributed by atoms with Gasteiger partial charge in [-0.2, -0.15) is 0 Å². The van der Waals surface area contributed by atoms with Crippen molar-refractivity contribution in [2.75, 3.05) is 11.9 Å². The number of ether oxygens (including phenoxy) is 1. The summed E-state index contributed by atoms with van der Waals surface area (Å²) >= 11 is 0. The van der Waals surface area contributed by atoms with E-state index in [1.165, 1.54) is 10.6 Å². The van der Waals surface area contributed by atoms with Crippen LogP contribution >= 0.6 is 0 Å². The number of nitrogens with one attached hydrogen (secondary N) is 1. The van der Waals surface area contributed by atoms with Crippen LogP contribution in [0.1, 0.15) is 19.5 Å². The maximum Gasteiger partial charge on any atom is 0.254 e. The number of para-hydroxylation sites is 2. The third-order valence-electron chi connectivity index (χ3n) is 4.22. The third-order valence-corrected chi connectivity index (χ3v) is 4.22. The number of hydrogen-bond donors (Lipinski definition) is 1. The van der Waals surface area contributed by atoms with E-state index in [1.54, 1.807) is 12.1 Å². The van der Waals surface area contributed by atoms with E-state index in [1.807, 2.05) is 56.3 Å². The summed E-state index contributed by atoms with van der Waals surface area (Å²) in [4.78, 5) is 29.9. The molecule has 0 bridgehead atoms. The third kappa shape index (κ3) is 4.46. The molecule has 0 aliphatic heterocycles. The SMILES string of the molecule is CCOc1ccccc1NC(=O)Cn1c(-c2ccccc2)nc(CC)cc1=O. The smallest absolute Gasteiger partial charge is 0.254 e. The predicted octanol–water partition coefficient (Wildman–Crippen LogP) is 3.51. The Balaban J connectivity index is 1.92. The van der Waals surface area contributed by atoms with Crippen LogP contribution in [0.15, 0.2) is 65.5 Å². The number of hydrogen-bond acceptors (Lipinski definition) is 4. The Morgan fingerprint density at radius 3 is 2.50 bits per heavy atom. The van der Waals surface area contributed by atoms with Crippen molar-refractivity contribution in [1.82, 2.24) is 9.55 Å². The summed E-state index contributed by atoms with van der Waals surface area (Å²) in [6, 6.07) is 18.1. The molecule has 6 heteroatoms. The maximum atomic E-state index is 12.7. The van der Waals surface area contributed by atoms with Gasteiger partial charge in [-0.25, -0.2) is 4.98 Å². The van der Waals surface area contributed by atoms with Crippen molar-refractivity contribution in [3.63, 3.8) is 0 Å². The summed E-state index contributed by atoms with van der Waals surface area (Å²) in [6.07, 6.45) is 0.643. The summed E-state index contributed by atoms with van der Waals surface area (Å²) in [5.41, 5.74) is 1.81. The average molecular weight is 377 g/mol. The molecule has 1 aromatic heterocycles. The molecule has 2 aromatic carbocycles. The molecule has 1 amide bonds. The van der Waals surface area contributed by atoms with E-state index >= 15 is 0 Å². The maximum absolute atomic E-state index is 12.7. The van der Waals surface area contributed by atoms with Crippen LogP contribution in [0.2, 0.25) is 0 Å². The second-order valence-electron chi connectivity index (χ2n) is 6.19. The summed E-state index contributed by atoms with van der Waals surface area (Å²) in [5.74, 6) is 0.754. The fraction of sp³-hybridized carbons (Fsp3) is 0.227. The van der Waals surface area contributed by atoms with E-state index < -0.39 is 0 Å². The van der Waals surface area contributed by atoms with Crippen molar-refractivity contribution in [1.29, 1.82) is 0 Å². The largest absolute Gasteiger partial charge is 0.492 e. The first-order valence-electron chi connectivity index (χ1n) is 9.30. The molecule has 0 atom stereocenters. The Kier molecular flexibility index (Phi) is 6.22. The van der Waals surface area contributed by atoms with Gasteiger partial charge >= 0.3 is 0 Å². The number of carbonyl (C=O) groups excluding carboxylic acids is 1. The molecule has 28 heavy (non-hydrogen) atoms. The minimum atomic E-state index is -0.322. The normalized spacial score (nSPS) is 10.5. The van der Waals surface area contributed by atoms with Gasteiger partial charge < -0.3 is 10.1 Å². The van der Waals surface area contributed by atoms with Crippen molar-refractivity contribution in [2.24, 2.45) is 0 Å². The van der Waals surface area contributed by atoms with E-state index in [9.17, 15) is 9.59 Å². The Morgan fingerprint density at radius 1 is 1.07 bits per heavy atom. The lowest BCUT2D eigenvalue weighted by molar-refractivity contribution is -0.116. The Hall–Kier alpha value is -3.41. The molecule has 6 nitrogen and oxygen atoms in total. The van der Waals surface area contributed by atoms with Gasteiger partial charge in [-0.15, -0.1) is 0 Å². The predicted molar refractivity (Wildman–Crippen MR) is 110 cm³/mol. The summed E-state index contributed by atoms with van der Waals surface area (Å²) < 4.78 is 6.94. The first-order chi connectivity index (χ1) is 13.6. The van der Waals surface area contributed by atoms with Crippen LogP contribution in [0.4, 0.5) is 5.69 Å². The second kappa shape index (κ2) is 8.99. The zero-order valence-electron chi connectivity index (χ0n) is 16.0. The fourth-order valence-corrected chi connectivity index (χ4v) is 2.88. The second-order valence-corrected chi connectivity index (χ2v) is 6.19. The summed E-state index contributed by atoms with van der Waals surface area (Å²) in [7, 11) is 0. The topological polar surface area (TPSA) is 73.2 Å². The molecular formula is C22H23N3O3. The van der Waals surface area contributed by atoms with Crippen molar-refractivity contribution in [3.8, 4) is 17.1 Å². The van der Waals surface area contributed by atoms with Crippen LogP contribution in [-0.2, 0) is 17.8 Å². The zero-order valence-corrected chi connectivity index (χ0v) is 16.0. The first kappa shape index (κ1) is 19.4. The van der Waals surface area contributed by atoms with Crippen molar-refractivity contribution in [3.05, 3.63) is 76.7 Å². The number of carbonyl (C=O) groups is 1. The first-order valence-corrected chi connectivity index (χ1v) is 9.30. The van der Waals surface area contributed by atoms with E-state index in [-0.39, 0.29) is 18.0 Å². The van der Waals surface area contributed by atoms with Gasteiger partial charge in [0.05, 0.1) is 12.3 Å². The van der Waals surface area contributed by atoms with E-state index in [2.05, 4.69) is 10.3 Å². The molecule has 0 radical (unpaired) electrons. The number of rotatable bonds is 7. The molecule has 1 heterocycles. The fourth-order valence-electron chi connectivity index (χ4n) is 2.88. The Morgan fingerprint density at radius 2 is 1.79 bits per heavy atom. The highest BCUT2D eigenvalue weighted by molar-refractivity contribution is 5.92. The van der Waals surface area contributed by atoms with Gasteiger partial charge in [-0.05, 0) is 25.5 Å². The zero-order chi connectivity index (χ0) is 19.9. The minimum Gasteiger partial charge on any atom is -0.492 e. The number of amides is 1. The molecule has 0 aliphatic carbocycles. The standard InChI is InChI=1S/C22H23N3O3/c1-3-17-14-21(27)25(22(23-17)16-10-6-5-7-11-16)15-20(26)24-18-12-8-9-13-19(18)28-4-2/h5-14H,3-4,15H2,1-2H3,(H,24,26). The minimum absolute atomic E-state index is 0.138. The molecule has 0 unspecified atom stereocenters. The van der Waals surface area contributed by atoms with E-state index in [0.29, 0.717) is 36.0 Å². The highest BCUT2D eigenvalue weighted by Gasteiger charge is 2.15. The molecular weight excluding hydrogens is 354 g/mol. The Bertz CT molecular complexity index is 1010. The van der Waals surface area contributed by atoms with E-state index in [4.69, 9.17) is 4.74 Å². The van der Waals surface area contributed by atoms with Gasteiger partial charge in [0.15, 0.2) is 0 Å². The molecule has 144 valence electrons. The highest BCUT2D eigenvalue weighted by atomic mass is 16.5. The van der Waals surface area contributed by atoms with Crippen LogP contribution in [0, 0.1) is 0 Å². The summed E-state index contributed by atoms with van der Waals surface area (Å²) in [5, 5.41) is 2.83. The number of nitrogens with zero attached hydrogens (tertiary/aromatic N) is 2. The van der Waals surface area contributed by atoms with Crippen LogP contribution in [0.25, 0.3) is 11.4 Å². The van der Waals surface area contributed by atoms with Crippen molar-refractivity contribution < 1.29 is 9.53 Å². The molecule has 0 spiro atoms. The lowest BCUT2D eigenvalue weighted by atomic mass is 10.2. The number of aryl methyl sites for hydroxylation is 1. The summed E-state index contributed by atoms with van der Waals surface area (Å²) in [6.45, 7) is 4.18. The van der Waals surface area contributed by atoms with Crippen LogP contribution in [0.5, 0.6) is 5.75 Å². The Labute approximate surface area is 163 Å². The number of aromatic nitrogens is 2. The molecule has 0 saturated heterocycles. The van der Waals surface area contributed by atoms with Gasteiger partial charge in [0.25, 0.3) is 5.56 Å². The molecule has 3 aromatic rings. The van der Waals surface area contributed by atoms with Crippen LogP contribution < -0.4 is 15.6 Å². The molecule has 0 fully saturated rings. The monoisotopic (exact) mass is 377 g/mol. The molecule has 1 N–H and O–H groups in total. The molecule has 0 saturated carbocycles. The van der Waals surface area contributed by atoms with Crippen LogP contribution in [-0.4, -0.2) is 22.1 Å². The lowest BCUT2D eigenvalue weighted by Gasteiger charge is -2.15. The van der Waals surface area contributed by atoms with Crippen LogP contribution in [0.3, 0.4) is 0 Å². The van der Waals surface area contributed by atoms with Crippen molar-refractivity contribution in [2.45, 2.75) is 26.8 Å². The lowest BCUT2D eigenvalue weighted by Crippen LogP contribution is -2.30. The molecule has 3 rings (SSSR count). The van der Waals surface area contributed by atoms with Gasteiger partial charge in [-0.3, -0.25) is 14.2 Å². The van der Waals surface area contributed by atoms with Gasteiger partial charge in [0.2, 0.25) is 5.91 Å². The van der Waals surface area contributed by atoms with E-state index in [0.717, 1.165) is 5.56 Å². The van der Waals surface area contributed by atoms with Gasteiger partial charge in [0.1, 0.15) is 18.1 Å². The quantitative estimate of drug-likeness (QED) is 0.684. The number of benzene rings is 2. The van der Waals surface area contributed by atoms with Gasteiger partial charge in [-0.1, -0.05) is 49.4 Å². The van der Waals surface area contributed by atoms with Gasteiger partial charge in [0, 0.05) is 17.3 Å². The highest BCUT2D eigenvalue weighted by Crippen LogP contribution is 2.24. The molecule has 0 aliphatic rings. The number of anilines is 1. The van der Waals surface area contributed by atoms with Crippen molar-refractivity contribution >= 4 is 11.6 Å². The average Bonchev–Trinajstić information content (AvgIpc) is 2.71.